The van der Waals surface area contributed by atoms with Crippen molar-refractivity contribution >= 4 is 3.21 Å². The molecule has 0 bridgehead atoms. The number of hydrogen-bond donors (Lipinski definition) is 0. The van der Waals surface area contributed by atoms with E-state index in [4.69, 9.17) is 0 Å². The zero-order valence-corrected chi connectivity index (χ0v) is 42.2. The van der Waals surface area contributed by atoms with Gasteiger partial charge in [-0.2, -0.15) is 0 Å². The van der Waals surface area contributed by atoms with E-state index < -0.39 is 21.3 Å². The molecule has 6 aromatic rings. The van der Waals surface area contributed by atoms with Crippen molar-refractivity contribution in [2.45, 2.75) is 115 Å². The number of rotatable bonds is 12. The van der Waals surface area contributed by atoms with Crippen LogP contribution in [0.2, 0.25) is 0 Å². The second-order valence-corrected chi connectivity index (χ2v) is 26.2. The Balaban J connectivity index is 0.00000321. The zero-order chi connectivity index (χ0) is 42.0. The first-order valence-corrected chi connectivity index (χ1v) is 26.5. The predicted molar refractivity (Wildman–Crippen MR) is 257 cm³/mol. The van der Waals surface area contributed by atoms with Gasteiger partial charge in [-0.05, 0) is 0 Å². The summed E-state index contributed by atoms with van der Waals surface area (Å²) in [6.07, 6.45) is 14.9. The summed E-state index contributed by atoms with van der Waals surface area (Å²) in [7, 11) is 0. The van der Waals surface area contributed by atoms with E-state index in [1.54, 1.807) is 17.6 Å². The molecule has 0 fully saturated rings. The van der Waals surface area contributed by atoms with Gasteiger partial charge in [0, 0.05) is 0 Å². The van der Waals surface area contributed by atoms with E-state index in [0.717, 1.165) is 44.9 Å². The van der Waals surface area contributed by atoms with Crippen LogP contribution in [-0.4, -0.2) is 3.21 Å². The first kappa shape index (κ1) is 47.6. The van der Waals surface area contributed by atoms with Gasteiger partial charge >= 0.3 is 372 Å². The van der Waals surface area contributed by atoms with E-state index in [2.05, 4.69) is 207 Å². The molecule has 0 amide bonds. The van der Waals surface area contributed by atoms with Crippen molar-refractivity contribution in [1.29, 1.82) is 0 Å². The third kappa shape index (κ3) is 9.92. The molecular weight excluding hydrogens is 871 g/mol. The Kier molecular flexibility index (Phi) is 15.6. The quantitative estimate of drug-likeness (QED) is 0.115. The van der Waals surface area contributed by atoms with Crippen LogP contribution in [-0.2, 0) is 57.8 Å². The Morgan fingerprint density at radius 1 is 0.516 bits per heavy atom. The summed E-state index contributed by atoms with van der Waals surface area (Å²) in [5.74, 6) is 0. The van der Waals surface area contributed by atoms with Crippen LogP contribution in [0.15, 0.2) is 155 Å². The minimum atomic E-state index is -2.84. The van der Waals surface area contributed by atoms with Crippen molar-refractivity contribution in [2.24, 2.45) is 0 Å². The molecule has 8 rings (SSSR count). The molecule has 0 aliphatic heterocycles. The molecule has 0 saturated carbocycles. The van der Waals surface area contributed by atoms with E-state index in [0.29, 0.717) is 3.63 Å². The molecule has 2 aliphatic rings. The molecule has 318 valence electrons. The van der Waals surface area contributed by atoms with Crippen LogP contribution in [0.25, 0.3) is 33.4 Å². The molecule has 6 aromatic carbocycles. The van der Waals surface area contributed by atoms with E-state index in [-0.39, 0.29) is 35.6 Å². The minimum Gasteiger partial charge on any atom is -1.00 e. The van der Waals surface area contributed by atoms with Gasteiger partial charge in [0.15, 0.2) is 0 Å². The average molecular weight is 935 g/mol. The van der Waals surface area contributed by atoms with Crippen molar-refractivity contribution in [3.63, 3.8) is 0 Å². The molecule has 0 spiro atoms. The normalized spacial score (nSPS) is 13.0. The van der Waals surface area contributed by atoms with E-state index >= 15 is 0 Å². The van der Waals surface area contributed by atoms with Crippen LogP contribution in [0.5, 0.6) is 0 Å². The molecule has 0 nitrogen and oxygen atoms in total. The van der Waals surface area contributed by atoms with Gasteiger partial charge in [-0.1, -0.05) is 0 Å². The summed E-state index contributed by atoms with van der Waals surface area (Å²) in [6.45, 7) is 19.2. The third-order valence-electron chi connectivity index (χ3n) is 12.9. The predicted octanol–water partition coefficient (Wildman–Crippen LogP) is 9.72. The van der Waals surface area contributed by atoms with Crippen molar-refractivity contribution in [1.82, 2.24) is 0 Å². The smallest absolute Gasteiger partial charge is 1.00 e. The van der Waals surface area contributed by atoms with Crippen LogP contribution >= 0.6 is 0 Å². The van der Waals surface area contributed by atoms with Crippen LogP contribution in [0, 0.1) is 0 Å². The number of benzene rings is 6. The Morgan fingerprint density at radius 2 is 0.935 bits per heavy atom. The molecule has 62 heavy (non-hydrogen) atoms. The fraction of sp³-hybridized carbons (Fsp3) is 0.305. The Labute approximate surface area is 394 Å². The molecule has 3 heteroatoms. The summed E-state index contributed by atoms with van der Waals surface area (Å²) in [5.41, 5.74) is 20.4. The SMILES string of the molecule is CCCc1ccccc1-c1cc2c(cc1C(C)(C)C)-c1cc(C(C)(C)C)c(-c3ccccc3CCC)cc1[CH]2[Zr+2]([C]1=CC=CC1)=[C](Cc1ccccc1)Cc1ccccc1.[Cl-].[Cl-]. The van der Waals surface area contributed by atoms with Crippen molar-refractivity contribution in [2.75, 3.05) is 0 Å². The van der Waals surface area contributed by atoms with E-state index in [1.165, 1.54) is 66.8 Å². The summed E-state index contributed by atoms with van der Waals surface area (Å²) < 4.78 is 3.86. The Morgan fingerprint density at radius 3 is 1.32 bits per heavy atom. The molecule has 0 N–H and O–H groups in total. The fourth-order valence-electron chi connectivity index (χ4n) is 10.1. The summed E-state index contributed by atoms with van der Waals surface area (Å²) in [4.78, 5) is 0. The maximum absolute atomic E-state index is 2.84. The van der Waals surface area contributed by atoms with Gasteiger partial charge in [-0.15, -0.1) is 0 Å². The summed E-state index contributed by atoms with van der Waals surface area (Å²) in [5, 5.41) is 0. The molecule has 0 unspecified atom stereocenters. The first-order valence-electron chi connectivity index (χ1n) is 22.7. The molecule has 0 heterocycles. The molecule has 0 radical (unpaired) electrons. The second kappa shape index (κ2) is 20.3. The fourth-order valence-corrected chi connectivity index (χ4v) is 19.3. The van der Waals surface area contributed by atoms with Crippen molar-refractivity contribution in [3.05, 3.63) is 199 Å². The Hall–Kier alpha value is -3.87. The van der Waals surface area contributed by atoms with Crippen LogP contribution in [0.1, 0.15) is 123 Å². The van der Waals surface area contributed by atoms with Crippen LogP contribution in [0.3, 0.4) is 0 Å². The summed E-state index contributed by atoms with van der Waals surface area (Å²) in [6, 6.07) is 52.1. The van der Waals surface area contributed by atoms with Crippen molar-refractivity contribution in [3.8, 4) is 33.4 Å². The summed E-state index contributed by atoms with van der Waals surface area (Å²) >= 11 is -2.84. The van der Waals surface area contributed by atoms with Gasteiger partial charge in [0.25, 0.3) is 0 Å². The zero-order valence-electron chi connectivity index (χ0n) is 38.2. The van der Waals surface area contributed by atoms with Gasteiger partial charge in [0.2, 0.25) is 0 Å². The van der Waals surface area contributed by atoms with Crippen LogP contribution in [0.4, 0.5) is 0 Å². The molecule has 0 aromatic heterocycles. The van der Waals surface area contributed by atoms with E-state index in [9.17, 15) is 0 Å². The third-order valence-corrected chi connectivity index (χ3v) is 21.2. The number of aryl methyl sites for hydroxylation is 2. The van der Waals surface area contributed by atoms with Gasteiger partial charge in [-0.3, -0.25) is 0 Å². The van der Waals surface area contributed by atoms with Crippen molar-refractivity contribution < 1.29 is 46.1 Å². The molecular formula is C59H64Cl2Zr. The average Bonchev–Trinajstić information content (AvgIpc) is 3.88. The van der Waals surface area contributed by atoms with E-state index in [1.807, 2.05) is 0 Å². The molecule has 0 atom stereocenters. The minimum absolute atomic E-state index is 0. The first-order chi connectivity index (χ1) is 29.0. The molecule has 2 aliphatic carbocycles. The number of allylic oxidation sites excluding steroid dienone is 4. The number of hydrogen-bond acceptors (Lipinski definition) is 0. The number of halogens is 2. The topological polar surface area (TPSA) is 0 Å². The largest absolute Gasteiger partial charge is 1.00 e. The molecule has 0 saturated heterocycles. The monoisotopic (exact) mass is 932 g/mol. The van der Waals surface area contributed by atoms with Gasteiger partial charge in [-0.25, -0.2) is 0 Å². The second-order valence-electron chi connectivity index (χ2n) is 19.4. The van der Waals surface area contributed by atoms with Gasteiger partial charge in [0.1, 0.15) is 0 Å². The van der Waals surface area contributed by atoms with Gasteiger partial charge < -0.3 is 24.8 Å². The van der Waals surface area contributed by atoms with Crippen LogP contribution < -0.4 is 24.8 Å². The standard InChI is InChI=1S/C39H45.C15H14.C5H5.2ClH.Zr/c1-9-15-26-17-11-13-19-30(26)34-22-28-21-29-23-35(31-20-14-12-18-27(31)16-10-2)37(39(6,7)8)25-33(29)32(28)24-36(34)38(3,4)5;1-3-8-14(9-4-1)12-7-13-15-10-5-2-6-11-15;1-2-4-5-3-1;;;/h11-14,17-25H,9-10,15-16H2,1-8H3;1-6,8-11H,12-13H2;1-3H,4H2;2*1H;/q;;;;;+2/p-2. The Bertz CT molecular complexity index is 2440. The van der Waals surface area contributed by atoms with Gasteiger partial charge in [0.05, 0.1) is 0 Å². The maximum Gasteiger partial charge on any atom is -1.00 e. The number of fused-ring (bicyclic) bond motifs is 3. The maximum atomic E-state index is 2.72.